The van der Waals surface area contributed by atoms with Crippen molar-refractivity contribution in [3.05, 3.63) is 16.1 Å². The summed E-state index contributed by atoms with van der Waals surface area (Å²) < 4.78 is 0. The van der Waals surface area contributed by atoms with Gasteiger partial charge in [0.05, 0.1) is 17.6 Å². The molecule has 0 saturated carbocycles. The van der Waals surface area contributed by atoms with E-state index in [1.807, 2.05) is 20.2 Å². The smallest absolute Gasteiger partial charge is 0.239 e. The molecule has 4 nitrogen and oxygen atoms in total. The Balaban J connectivity index is 1.91. The summed E-state index contributed by atoms with van der Waals surface area (Å²) in [6.07, 6.45) is 3.92. The lowest BCUT2D eigenvalue weighted by molar-refractivity contribution is -0.132. The van der Waals surface area contributed by atoms with Crippen molar-refractivity contribution in [3.8, 4) is 0 Å². The normalized spacial score (nSPS) is 20.0. The minimum atomic E-state index is 0.0269. The maximum atomic E-state index is 12.0. The van der Waals surface area contributed by atoms with Gasteiger partial charge < -0.3 is 10.2 Å². The zero-order valence-corrected chi connectivity index (χ0v) is 10.5. The maximum Gasteiger partial charge on any atom is 0.239 e. The molecule has 1 saturated heterocycles. The highest BCUT2D eigenvalue weighted by Gasteiger charge is 2.24. The van der Waals surface area contributed by atoms with Gasteiger partial charge in [0.15, 0.2) is 0 Å². The van der Waals surface area contributed by atoms with Crippen molar-refractivity contribution < 1.29 is 4.79 Å². The molecule has 1 atom stereocenters. The molecule has 0 spiro atoms. The SMILES string of the molecule is Cc1ncc(CN(C)C(=O)[C@H]2CCCN2)s1. The van der Waals surface area contributed by atoms with Gasteiger partial charge in [-0.05, 0) is 26.3 Å². The van der Waals surface area contributed by atoms with Gasteiger partial charge in [0.2, 0.25) is 5.91 Å². The van der Waals surface area contributed by atoms with Crippen molar-refractivity contribution in [2.75, 3.05) is 13.6 Å². The number of carbonyl (C=O) groups is 1. The molecule has 0 unspecified atom stereocenters. The molecule has 0 bridgehead atoms. The molecule has 1 aromatic rings. The Bertz CT molecular complexity index is 371. The first-order valence-corrected chi connectivity index (χ1v) is 6.38. The van der Waals surface area contributed by atoms with Gasteiger partial charge in [-0.1, -0.05) is 0 Å². The van der Waals surface area contributed by atoms with Crippen LogP contribution in [0, 0.1) is 6.92 Å². The molecule has 0 aromatic carbocycles. The highest BCUT2D eigenvalue weighted by atomic mass is 32.1. The van der Waals surface area contributed by atoms with E-state index in [2.05, 4.69) is 10.3 Å². The van der Waals surface area contributed by atoms with Gasteiger partial charge in [-0.15, -0.1) is 11.3 Å². The molecule has 1 aliphatic heterocycles. The van der Waals surface area contributed by atoms with Crippen molar-refractivity contribution >= 4 is 17.2 Å². The number of amides is 1. The van der Waals surface area contributed by atoms with Gasteiger partial charge in [0.25, 0.3) is 0 Å². The highest BCUT2D eigenvalue weighted by Crippen LogP contribution is 2.15. The van der Waals surface area contributed by atoms with E-state index in [-0.39, 0.29) is 11.9 Å². The molecule has 0 aliphatic carbocycles. The molecular formula is C11H17N3OS. The molecular weight excluding hydrogens is 222 g/mol. The van der Waals surface area contributed by atoms with Crippen LogP contribution in [0.5, 0.6) is 0 Å². The minimum absolute atomic E-state index is 0.0269. The summed E-state index contributed by atoms with van der Waals surface area (Å²) in [4.78, 5) is 19.1. The standard InChI is InChI=1S/C11H17N3OS/c1-8-13-6-9(16-8)7-14(2)11(15)10-4-3-5-12-10/h6,10,12H,3-5,7H2,1-2H3/t10-/m1/s1. The number of carbonyl (C=O) groups excluding carboxylic acids is 1. The number of nitrogens with zero attached hydrogens (tertiary/aromatic N) is 2. The first-order valence-electron chi connectivity index (χ1n) is 5.56. The molecule has 16 heavy (non-hydrogen) atoms. The predicted molar refractivity (Wildman–Crippen MR) is 64.3 cm³/mol. The second-order valence-corrected chi connectivity index (χ2v) is 5.51. The molecule has 1 N–H and O–H groups in total. The third-order valence-corrected chi connectivity index (χ3v) is 3.69. The van der Waals surface area contributed by atoms with Crippen LogP contribution in [0.15, 0.2) is 6.20 Å². The van der Waals surface area contributed by atoms with E-state index in [1.165, 1.54) is 0 Å². The number of aromatic nitrogens is 1. The Labute approximate surface area is 99.7 Å². The zero-order valence-electron chi connectivity index (χ0n) is 9.69. The van der Waals surface area contributed by atoms with Gasteiger partial charge >= 0.3 is 0 Å². The van der Waals surface area contributed by atoms with Gasteiger partial charge in [-0.3, -0.25) is 4.79 Å². The summed E-state index contributed by atoms with van der Waals surface area (Å²) in [6, 6.07) is 0.0269. The van der Waals surface area contributed by atoms with Crippen molar-refractivity contribution in [3.63, 3.8) is 0 Å². The fourth-order valence-electron chi connectivity index (χ4n) is 1.95. The maximum absolute atomic E-state index is 12.0. The van der Waals surface area contributed by atoms with Gasteiger partial charge in [-0.2, -0.15) is 0 Å². The lowest BCUT2D eigenvalue weighted by atomic mass is 10.2. The largest absolute Gasteiger partial charge is 0.339 e. The fraction of sp³-hybridized carbons (Fsp3) is 0.636. The highest BCUT2D eigenvalue weighted by molar-refractivity contribution is 7.11. The topological polar surface area (TPSA) is 45.2 Å². The van der Waals surface area contributed by atoms with E-state index < -0.39 is 0 Å². The van der Waals surface area contributed by atoms with Crippen LogP contribution in [-0.2, 0) is 11.3 Å². The molecule has 1 fully saturated rings. The Morgan fingerprint density at radius 1 is 1.75 bits per heavy atom. The minimum Gasteiger partial charge on any atom is -0.339 e. The number of hydrogen-bond acceptors (Lipinski definition) is 4. The Morgan fingerprint density at radius 2 is 2.56 bits per heavy atom. The van der Waals surface area contributed by atoms with Crippen LogP contribution in [0.4, 0.5) is 0 Å². The number of hydrogen-bond donors (Lipinski definition) is 1. The number of nitrogens with one attached hydrogen (secondary N) is 1. The molecule has 2 rings (SSSR count). The Kier molecular flexibility index (Phi) is 3.56. The van der Waals surface area contributed by atoms with E-state index in [1.54, 1.807) is 16.2 Å². The molecule has 1 aliphatic rings. The average molecular weight is 239 g/mol. The summed E-state index contributed by atoms with van der Waals surface area (Å²) in [7, 11) is 1.86. The van der Waals surface area contributed by atoms with E-state index in [9.17, 15) is 4.79 Å². The lowest BCUT2D eigenvalue weighted by Gasteiger charge is -2.20. The molecule has 88 valence electrons. The second-order valence-electron chi connectivity index (χ2n) is 4.19. The van der Waals surface area contributed by atoms with Crippen molar-refractivity contribution in [1.82, 2.24) is 15.2 Å². The van der Waals surface area contributed by atoms with Gasteiger partial charge in [-0.25, -0.2) is 4.98 Å². The van der Waals surface area contributed by atoms with Crippen LogP contribution < -0.4 is 5.32 Å². The quantitative estimate of drug-likeness (QED) is 0.861. The molecule has 1 aromatic heterocycles. The number of aryl methyl sites for hydroxylation is 1. The van der Waals surface area contributed by atoms with Crippen molar-refractivity contribution in [2.24, 2.45) is 0 Å². The number of thiazole rings is 1. The molecule has 2 heterocycles. The molecule has 0 radical (unpaired) electrons. The Hall–Kier alpha value is -0.940. The predicted octanol–water partition coefficient (Wildman–Crippen LogP) is 1.16. The van der Waals surface area contributed by atoms with Crippen LogP contribution in [0.25, 0.3) is 0 Å². The first kappa shape index (κ1) is 11.5. The van der Waals surface area contributed by atoms with Crippen LogP contribution in [0.3, 0.4) is 0 Å². The average Bonchev–Trinajstić information content (AvgIpc) is 2.88. The second kappa shape index (κ2) is 4.93. The van der Waals surface area contributed by atoms with E-state index in [0.29, 0.717) is 6.54 Å². The summed E-state index contributed by atoms with van der Waals surface area (Å²) in [5.41, 5.74) is 0. The molecule has 5 heteroatoms. The zero-order chi connectivity index (χ0) is 11.5. The van der Waals surface area contributed by atoms with Gasteiger partial charge in [0.1, 0.15) is 0 Å². The van der Waals surface area contributed by atoms with Crippen LogP contribution in [0.1, 0.15) is 22.7 Å². The Morgan fingerprint density at radius 3 is 3.12 bits per heavy atom. The lowest BCUT2D eigenvalue weighted by Crippen LogP contribution is -2.41. The summed E-state index contributed by atoms with van der Waals surface area (Å²) in [5.74, 6) is 0.198. The van der Waals surface area contributed by atoms with E-state index in [0.717, 1.165) is 29.3 Å². The number of likely N-dealkylation sites (N-methyl/N-ethyl adjacent to an activating group) is 1. The summed E-state index contributed by atoms with van der Waals surface area (Å²) in [5, 5.41) is 4.28. The summed E-state index contributed by atoms with van der Waals surface area (Å²) >= 11 is 1.65. The van der Waals surface area contributed by atoms with Crippen molar-refractivity contribution in [2.45, 2.75) is 32.4 Å². The third kappa shape index (κ3) is 2.59. The molecule has 1 amide bonds. The van der Waals surface area contributed by atoms with Crippen molar-refractivity contribution in [1.29, 1.82) is 0 Å². The van der Waals surface area contributed by atoms with Crippen LogP contribution >= 0.6 is 11.3 Å². The first-order chi connectivity index (χ1) is 7.66. The fourth-order valence-corrected chi connectivity index (χ4v) is 2.80. The van der Waals surface area contributed by atoms with Crippen LogP contribution in [0.2, 0.25) is 0 Å². The van der Waals surface area contributed by atoms with E-state index in [4.69, 9.17) is 0 Å². The van der Waals surface area contributed by atoms with Gasteiger partial charge in [0, 0.05) is 18.1 Å². The van der Waals surface area contributed by atoms with Crippen LogP contribution in [-0.4, -0.2) is 35.4 Å². The monoisotopic (exact) mass is 239 g/mol. The summed E-state index contributed by atoms with van der Waals surface area (Å²) in [6.45, 7) is 3.61. The van der Waals surface area contributed by atoms with E-state index >= 15 is 0 Å². The number of rotatable bonds is 3. The third-order valence-electron chi connectivity index (χ3n) is 2.80.